The molecule has 3 aromatic rings. The maximum atomic E-state index is 12.1. The number of nitrogens with zero attached hydrogens (tertiary/aromatic N) is 4. The highest BCUT2D eigenvalue weighted by atomic mass is 16.5. The van der Waals surface area contributed by atoms with Gasteiger partial charge in [-0.2, -0.15) is 0 Å². The van der Waals surface area contributed by atoms with Crippen LogP contribution in [0.5, 0.6) is 5.75 Å². The summed E-state index contributed by atoms with van der Waals surface area (Å²) in [6.07, 6.45) is 3.93. The number of rotatable bonds is 8. The molecule has 0 bridgehead atoms. The van der Waals surface area contributed by atoms with Crippen LogP contribution in [-0.2, 0) is 11.2 Å². The number of nitrogens with one attached hydrogen (secondary N) is 2. The Hall–Kier alpha value is -3.42. The monoisotopic (exact) mass is 380 g/mol. The molecular formula is C20H24N6O2. The number of aryl methyl sites for hydroxylation is 2. The second-order valence-electron chi connectivity index (χ2n) is 6.30. The molecule has 146 valence electrons. The van der Waals surface area contributed by atoms with Crippen LogP contribution < -0.4 is 15.4 Å². The Bertz CT molecular complexity index is 936. The summed E-state index contributed by atoms with van der Waals surface area (Å²) in [5.74, 6) is 3.74. The van der Waals surface area contributed by atoms with E-state index in [-0.39, 0.29) is 5.91 Å². The van der Waals surface area contributed by atoms with E-state index in [9.17, 15) is 4.79 Å². The number of ether oxygens (including phenoxy) is 1. The zero-order chi connectivity index (χ0) is 19.9. The minimum absolute atomic E-state index is 0.0273. The van der Waals surface area contributed by atoms with Gasteiger partial charge in [0, 0.05) is 31.5 Å². The Labute approximate surface area is 164 Å². The van der Waals surface area contributed by atoms with Crippen molar-refractivity contribution >= 4 is 11.7 Å². The number of hydrogen-bond donors (Lipinski definition) is 2. The van der Waals surface area contributed by atoms with Gasteiger partial charge in [-0.15, -0.1) is 0 Å². The molecule has 8 heteroatoms. The highest BCUT2D eigenvalue weighted by molar-refractivity contribution is 5.78. The zero-order valence-corrected chi connectivity index (χ0v) is 16.3. The molecule has 2 heterocycles. The summed E-state index contributed by atoms with van der Waals surface area (Å²) in [6.45, 7) is 4.82. The molecule has 0 aliphatic heterocycles. The predicted molar refractivity (Wildman–Crippen MR) is 107 cm³/mol. The van der Waals surface area contributed by atoms with Crippen molar-refractivity contribution in [3.8, 4) is 11.6 Å². The van der Waals surface area contributed by atoms with E-state index >= 15 is 0 Å². The van der Waals surface area contributed by atoms with Gasteiger partial charge >= 0.3 is 0 Å². The highest BCUT2D eigenvalue weighted by Crippen LogP contribution is 2.13. The number of anilines is 1. The second-order valence-corrected chi connectivity index (χ2v) is 6.30. The molecule has 1 amide bonds. The molecule has 8 nitrogen and oxygen atoms in total. The summed E-state index contributed by atoms with van der Waals surface area (Å²) in [4.78, 5) is 25.1. The smallest absolute Gasteiger partial charge is 0.224 e. The minimum atomic E-state index is -0.0273. The van der Waals surface area contributed by atoms with Gasteiger partial charge in [-0.25, -0.2) is 15.0 Å². The molecular weight excluding hydrogens is 356 g/mol. The molecule has 0 atom stereocenters. The molecule has 2 aromatic heterocycles. The summed E-state index contributed by atoms with van der Waals surface area (Å²) in [5, 5.41) is 6.13. The van der Waals surface area contributed by atoms with Crippen LogP contribution in [0.15, 0.2) is 42.7 Å². The fourth-order valence-electron chi connectivity index (χ4n) is 2.77. The van der Waals surface area contributed by atoms with E-state index in [0.29, 0.717) is 31.2 Å². The Balaban J connectivity index is 1.49. The van der Waals surface area contributed by atoms with Crippen molar-refractivity contribution in [1.82, 2.24) is 24.8 Å². The Morgan fingerprint density at radius 1 is 1.14 bits per heavy atom. The summed E-state index contributed by atoms with van der Waals surface area (Å²) in [7, 11) is 1.62. The quantitative estimate of drug-likeness (QED) is 0.581. The van der Waals surface area contributed by atoms with Crippen molar-refractivity contribution in [1.29, 1.82) is 0 Å². The SMILES string of the molecule is COc1ccc(CC(=O)NCCNc2cc(-n3ccnc3C)nc(C)n2)cc1. The number of methoxy groups -OCH3 is 1. The largest absolute Gasteiger partial charge is 0.497 e. The third kappa shape index (κ3) is 5.06. The standard InChI is InChI=1S/C20H24N6O2/c1-14-24-18(13-19(25-14)26-11-10-21-15(26)2)22-8-9-23-20(27)12-16-4-6-17(28-3)7-5-16/h4-7,10-11,13H,8-9,12H2,1-3H3,(H,23,27)(H,22,24,25). The fraction of sp³-hybridized carbons (Fsp3) is 0.300. The molecule has 0 fully saturated rings. The molecule has 1 aromatic carbocycles. The number of carbonyl (C=O) groups is 1. The third-order valence-electron chi connectivity index (χ3n) is 4.17. The van der Waals surface area contributed by atoms with Gasteiger partial charge in [0.15, 0.2) is 0 Å². The lowest BCUT2D eigenvalue weighted by Gasteiger charge is -2.11. The van der Waals surface area contributed by atoms with Crippen LogP contribution in [0.1, 0.15) is 17.2 Å². The molecule has 0 radical (unpaired) electrons. The fourth-order valence-corrected chi connectivity index (χ4v) is 2.77. The van der Waals surface area contributed by atoms with Gasteiger partial charge in [0.25, 0.3) is 0 Å². The highest BCUT2D eigenvalue weighted by Gasteiger charge is 2.07. The lowest BCUT2D eigenvalue weighted by Crippen LogP contribution is -2.30. The van der Waals surface area contributed by atoms with Gasteiger partial charge in [-0.3, -0.25) is 9.36 Å². The Morgan fingerprint density at radius 3 is 2.61 bits per heavy atom. The van der Waals surface area contributed by atoms with Crippen molar-refractivity contribution < 1.29 is 9.53 Å². The van der Waals surface area contributed by atoms with Gasteiger partial charge < -0.3 is 15.4 Å². The van der Waals surface area contributed by atoms with Crippen LogP contribution in [0.3, 0.4) is 0 Å². The number of benzene rings is 1. The van der Waals surface area contributed by atoms with Gasteiger partial charge in [-0.1, -0.05) is 12.1 Å². The van der Waals surface area contributed by atoms with Crippen molar-refractivity contribution in [2.45, 2.75) is 20.3 Å². The summed E-state index contributed by atoms with van der Waals surface area (Å²) >= 11 is 0. The first-order valence-electron chi connectivity index (χ1n) is 9.04. The number of imidazole rings is 1. The average Bonchev–Trinajstić information content (AvgIpc) is 3.11. The van der Waals surface area contributed by atoms with Crippen LogP contribution >= 0.6 is 0 Å². The predicted octanol–water partition coefficient (Wildman–Crippen LogP) is 2.06. The van der Waals surface area contributed by atoms with Crippen molar-refractivity contribution in [3.63, 3.8) is 0 Å². The molecule has 3 rings (SSSR count). The average molecular weight is 380 g/mol. The third-order valence-corrected chi connectivity index (χ3v) is 4.17. The number of hydrogen-bond acceptors (Lipinski definition) is 6. The Morgan fingerprint density at radius 2 is 1.93 bits per heavy atom. The minimum Gasteiger partial charge on any atom is -0.497 e. The van der Waals surface area contributed by atoms with Gasteiger partial charge in [0.1, 0.15) is 29.0 Å². The number of aromatic nitrogens is 4. The van der Waals surface area contributed by atoms with Gasteiger partial charge in [0.05, 0.1) is 13.5 Å². The summed E-state index contributed by atoms with van der Waals surface area (Å²) in [6, 6.07) is 9.34. The zero-order valence-electron chi connectivity index (χ0n) is 16.3. The molecule has 0 saturated carbocycles. The van der Waals surface area contributed by atoms with Crippen molar-refractivity contribution in [2.24, 2.45) is 0 Å². The molecule has 0 saturated heterocycles. The summed E-state index contributed by atoms with van der Waals surface area (Å²) in [5.41, 5.74) is 0.943. The molecule has 2 N–H and O–H groups in total. The van der Waals surface area contributed by atoms with Crippen LogP contribution in [0.2, 0.25) is 0 Å². The molecule has 0 spiro atoms. The van der Waals surface area contributed by atoms with E-state index in [1.807, 2.05) is 54.9 Å². The van der Waals surface area contributed by atoms with Gasteiger partial charge in [-0.05, 0) is 31.5 Å². The maximum absolute atomic E-state index is 12.1. The number of carbonyl (C=O) groups excluding carboxylic acids is 1. The molecule has 0 aliphatic carbocycles. The van der Waals surface area contributed by atoms with Crippen LogP contribution in [-0.4, -0.2) is 45.6 Å². The Kier molecular flexibility index (Phi) is 6.21. The van der Waals surface area contributed by atoms with E-state index in [1.165, 1.54) is 0 Å². The first-order chi connectivity index (χ1) is 13.5. The molecule has 28 heavy (non-hydrogen) atoms. The second kappa shape index (κ2) is 8.98. The lowest BCUT2D eigenvalue weighted by molar-refractivity contribution is -0.120. The van der Waals surface area contributed by atoms with Crippen LogP contribution in [0, 0.1) is 13.8 Å². The first-order valence-corrected chi connectivity index (χ1v) is 9.04. The molecule has 0 unspecified atom stereocenters. The molecule has 0 aliphatic rings. The van der Waals surface area contributed by atoms with Gasteiger partial charge in [0.2, 0.25) is 5.91 Å². The number of amides is 1. The van der Waals surface area contributed by atoms with E-state index < -0.39 is 0 Å². The van der Waals surface area contributed by atoms with Crippen molar-refractivity contribution in [3.05, 3.63) is 59.9 Å². The van der Waals surface area contributed by atoms with E-state index in [4.69, 9.17) is 4.74 Å². The lowest BCUT2D eigenvalue weighted by atomic mass is 10.1. The van der Waals surface area contributed by atoms with Crippen molar-refractivity contribution in [2.75, 3.05) is 25.5 Å². The topological polar surface area (TPSA) is 94.0 Å². The first kappa shape index (κ1) is 19.3. The summed E-state index contributed by atoms with van der Waals surface area (Å²) < 4.78 is 7.02. The normalized spacial score (nSPS) is 10.5. The van der Waals surface area contributed by atoms with Crippen LogP contribution in [0.25, 0.3) is 5.82 Å². The van der Waals surface area contributed by atoms with E-state index in [2.05, 4.69) is 25.6 Å². The maximum Gasteiger partial charge on any atom is 0.224 e. The van der Waals surface area contributed by atoms with Crippen LogP contribution in [0.4, 0.5) is 5.82 Å². The van der Waals surface area contributed by atoms with E-state index in [0.717, 1.165) is 23.0 Å². The van der Waals surface area contributed by atoms with E-state index in [1.54, 1.807) is 13.3 Å².